The van der Waals surface area contributed by atoms with Gasteiger partial charge in [-0.2, -0.15) is 0 Å². The zero-order valence-electron chi connectivity index (χ0n) is 10.2. The molecule has 0 bridgehead atoms. The van der Waals surface area contributed by atoms with Crippen molar-refractivity contribution in [2.75, 3.05) is 5.32 Å². The monoisotopic (exact) mass is 270 g/mol. The van der Waals surface area contributed by atoms with Crippen molar-refractivity contribution in [2.45, 2.75) is 6.17 Å². The molecule has 2 N–H and O–H groups in total. The molecule has 1 amide bonds. The number of hydrogen-bond donors (Lipinski definition) is 2. The summed E-state index contributed by atoms with van der Waals surface area (Å²) >= 11 is 0. The number of fused-ring (bicyclic) bond motifs is 1. The minimum atomic E-state index is -0.529. The van der Waals surface area contributed by atoms with E-state index in [4.69, 9.17) is 0 Å². The van der Waals surface area contributed by atoms with E-state index in [1.165, 1.54) is 18.2 Å². The highest BCUT2D eigenvalue weighted by molar-refractivity contribution is 6.02. The van der Waals surface area contributed by atoms with Gasteiger partial charge in [0.15, 0.2) is 0 Å². The standard InChI is InChI=1S/C13H10N4O3/c18-13-9-7-8(17(19)20)4-5-10(9)15-12(16-13)11-3-1-2-6-14-11/h1-7,12,15H,(H,16,18). The van der Waals surface area contributed by atoms with Crippen LogP contribution in [-0.2, 0) is 0 Å². The Bertz CT molecular complexity index is 687. The number of anilines is 1. The van der Waals surface area contributed by atoms with Gasteiger partial charge in [0, 0.05) is 24.0 Å². The fraction of sp³-hybridized carbons (Fsp3) is 0.0769. The van der Waals surface area contributed by atoms with Gasteiger partial charge >= 0.3 is 0 Å². The zero-order valence-corrected chi connectivity index (χ0v) is 10.2. The Hall–Kier alpha value is -2.96. The van der Waals surface area contributed by atoms with Crippen molar-refractivity contribution in [2.24, 2.45) is 0 Å². The number of carbonyl (C=O) groups is 1. The highest BCUT2D eigenvalue weighted by Gasteiger charge is 2.26. The lowest BCUT2D eigenvalue weighted by Gasteiger charge is -2.27. The summed E-state index contributed by atoms with van der Waals surface area (Å²) in [6.07, 6.45) is 1.19. The number of benzene rings is 1. The molecule has 0 aliphatic carbocycles. The lowest BCUT2D eigenvalue weighted by Crippen LogP contribution is -2.38. The quantitative estimate of drug-likeness (QED) is 0.641. The molecule has 3 rings (SSSR count). The van der Waals surface area contributed by atoms with Gasteiger partial charge in [0.25, 0.3) is 11.6 Å². The molecule has 0 saturated heterocycles. The second-order valence-corrected chi connectivity index (χ2v) is 4.29. The van der Waals surface area contributed by atoms with E-state index in [0.717, 1.165) is 0 Å². The highest BCUT2D eigenvalue weighted by Crippen LogP contribution is 2.28. The Balaban J connectivity index is 1.96. The number of amides is 1. The van der Waals surface area contributed by atoms with Crippen molar-refractivity contribution < 1.29 is 9.72 Å². The summed E-state index contributed by atoms with van der Waals surface area (Å²) in [6.45, 7) is 0. The van der Waals surface area contributed by atoms with Crippen molar-refractivity contribution in [3.63, 3.8) is 0 Å². The molecule has 0 spiro atoms. The normalized spacial score (nSPS) is 16.8. The van der Waals surface area contributed by atoms with Gasteiger partial charge in [-0.3, -0.25) is 19.9 Å². The SMILES string of the molecule is O=C1NC(c2ccccn2)Nc2ccc([N+](=O)[O-])cc21. The summed E-state index contributed by atoms with van der Waals surface area (Å²) in [6, 6.07) is 9.54. The van der Waals surface area contributed by atoms with Gasteiger partial charge < -0.3 is 10.6 Å². The summed E-state index contributed by atoms with van der Waals surface area (Å²) < 4.78 is 0. The molecule has 0 fully saturated rings. The largest absolute Gasteiger partial charge is 0.360 e. The molecule has 100 valence electrons. The van der Waals surface area contributed by atoms with E-state index in [2.05, 4.69) is 15.6 Å². The number of non-ortho nitro benzene ring substituents is 1. The number of pyridine rings is 1. The van der Waals surface area contributed by atoms with Gasteiger partial charge in [0.05, 0.1) is 16.2 Å². The number of hydrogen-bond acceptors (Lipinski definition) is 5. The van der Waals surface area contributed by atoms with Crippen LogP contribution in [0.25, 0.3) is 0 Å². The van der Waals surface area contributed by atoms with Crippen LogP contribution in [0.2, 0.25) is 0 Å². The lowest BCUT2D eigenvalue weighted by atomic mass is 10.1. The average molecular weight is 270 g/mol. The third-order valence-corrected chi connectivity index (χ3v) is 3.02. The first-order chi connectivity index (χ1) is 9.65. The third-order valence-electron chi connectivity index (χ3n) is 3.02. The van der Waals surface area contributed by atoms with Gasteiger partial charge in [-0.15, -0.1) is 0 Å². The van der Waals surface area contributed by atoms with Crippen LogP contribution in [0, 0.1) is 10.1 Å². The van der Waals surface area contributed by atoms with Crippen LogP contribution < -0.4 is 10.6 Å². The molecule has 1 aromatic carbocycles. The van der Waals surface area contributed by atoms with Crippen LogP contribution >= 0.6 is 0 Å². The van der Waals surface area contributed by atoms with E-state index in [-0.39, 0.29) is 17.2 Å². The summed E-state index contributed by atoms with van der Waals surface area (Å²) in [7, 11) is 0. The molecule has 1 aliphatic heterocycles. The molecule has 1 atom stereocenters. The molecule has 1 aromatic heterocycles. The third kappa shape index (κ3) is 2.05. The van der Waals surface area contributed by atoms with E-state index in [1.807, 2.05) is 6.07 Å². The Kier molecular flexibility index (Phi) is 2.79. The Morgan fingerprint density at radius 3 is 2.75 bits per heavy atom. The molecular weight excluding hydrogens is 260 g/mol. The summed E-state index contributed by atoms with van der Waals surface area (Å²) in [5.41, 5.74) is 1.36. The molecule has 7 nitrogen and oxygen atoms in total. The first-order valence-corrected chi connectivity index (χ1v) is 5.92. The number of aromatic nitrogens is 1. The molecule has 1 aliphatic rings. The maximum absolute atomic E-state index is 12.0. The molecule has 0 radical (unpaired) electrons. The average Bonchev–Trinajstić information content (AvgIpc) is 2.47. The summed E-state index contributed by atoms with van der Waals surface area (Å²) in [5.74, 6) is -0.363. The van der Waals surface area contributed by atoms with E-state index in [1.54, 1.807) is 18.3 Å². The molecule has 2 heterocycles. The van der Waals surface area contributed by atoms with Crippen LogP contribution in [0.15, 0.2) is 42.6 Å². The van der Waals surface area contributed by atoms with Crippen molar-refractivity contribution in [1.82, 2.24) is 10.3 Å². The molecular formula is C13H10N4O3. The second-order valence-electron chi connectivity index (χ2n) is 4.29. The van der Waals surface area contributed by atoms with E-state index < -0.39 is 11.1 Å². The number of nitro benzene ring substituents is 1. The van der Waals surface area contributed by atoms with Crippen molar-refractivity contribution in [1.29, 1.82) is 0 Å². The topological polar surface area (TPSA) is 97.2 Å². The van der Waals surface area contributed by atoms with Gasteiger partial charge in [-0.1, -0.05) is 6.07 Å². The van der Waals surface area contributed by atoms with E-state index in [0.29, 0.717) is 11.4 Å². The second kappa shape index (κ2) is 4.61. The molecule has 7 heteroatoms. The minimum Gasteiger partial charge on any atom is -0.360 e. The Labute approximate surface area is 113 Å². The molecule has 2 aromatic rings. The predicted octanol–water partition coefficient (Wildman–Crippen LogP) is 1.84. The Morgan fingerprint density at radius 1 is 1.20 bits per heavy atom. The maximum atomic E-state index is 12.0. The van der Waals surface area contributed by atoms with Crippen LogP contribution in [0.3, 0.4) is 0 Å². The van der Waals surface area contributed by atoms with Crippen LogP contribution in [0.4, 0.5) is 11.4 Å². The fourth-order valence-corrected chi connectivity index (χ4v) is 2.05. The van der Waals surface area contributed by atoms with Crippen molar-refractivity contribution >= 4 is 17.3 Å². The van der Waals surface area contributed by atoms with E-state index >= 15 is 0 Å². The summed E-state index contributed by atoms with van der Waals surface area (Å²) in [5, 5.41) is 16.5. The molecule has 20 heavy (non-hydrogen) atoms. The van der Waals surface area contributed by atoms with Crippen LogP contribution in [0.5, 0.6) is 0 Å². The molecule has 1 unspecified atom stereocenters. The zero-order chi connectivity index (χ0) is 14.1. The smallest absolute Gasteiger partial charge is 0.270 e. The number of nitrogens with one attached hydrogen (secondary N) is 2. The number of carbonyl (C=O) groups excluding carboxylic acids is 1. The van der Waals surface area contributed by atoms with Crippen LogP contribution in [0.1, 0.15) is 22.2 Å². The van der Waals surface area contributed by atoms with Crippen molar-refractivity contribution in [3.8, 4) is 0 Å². The lowest BCUT2D eigenvalue weighted by molar-refractivity contribution is -0.384. The maximum Gasteiger partial charge on any atom is 0.270 e. The molecule has 0 saturated carbocycles. The van der Waals surface area contributed by atoms with E-state index in [9.17, 15) is 14.9 Å². The fourth-order valence-electron chi connectivity index (χ4n) is 2.05. The summed E-state index contributed by atoms with van der Waals surface area (Å²) in [4.78, 5) is 26.4. The van der Waals surface area contributed by atoms with Gasteiger partial charge in [-0.05, 0) is 18.2 Å². The minimum absolute atomic E-state index is 0.114. The Morgan fingerprint density at radius 2 is 2.05 bits per heavy atom. The highest BCUT2D eigenvalue weighted by atomic mass is 16.6. The first-order valence-electron chi connectivity index (χ1n) is 5.92. The first kappa shape index (κ1) is 12.1. The van der Waals surface area contributed by atoms with Crippen LogP contribution in [-0.4, -0.2) is 15.8 Å². The number of rotatable bonds is 2. The van der Waals surface area contributed by atoms with Gasteiger partial charge in [0.1, 0.15) is 6.17 Å². The number of nitrogens with zero attached hydrogens (tertiary/aromatic N) is 2. The van der Waals surface area contributed by atoms with Gasteiger partial charge in [0.2, 0.25) is 0 Å². The van der Waals surface area contributed by atoms with Gasteiger partial charge in [-0.25, -0.2) is 0 Å². The number of nitro groups is 1. The van der Waals surface area contributed by atoms with Crippen molar-refractivity contribution in [3.05, 3.63) is 64.0 Å². The predicted molar refractivity (Wildman–Crippen MR) is 71.2 cm³/mol.